The first-order valence-electron chi connectivity index (χ1n) is 13.9. The minimum absolute atomic E-state index is 0.0352. The molecule has 7 nitrogen and oxygen atoms in total. The Morgan fingerprint density at radius 3 is 2.21 bits per heavy atom. The Balaban J connectivity index is 1.22. The van der Waals surface area contributed by atoms with E-state index < -0.39 is 9.84 Å². The Kier molecular flexibility index (Phi) is 9.97. The van der Waals surface area contributed by atoms with Crippen LogP contribution in [0.25, 0.3) is 0 Å². The highest BCUT2D eigenvalue weighted by Crippen LogP contribution is 2.26. The van der Waals surface area contributed by atoms with Gasteiger partial charge >= 0.3 is 0 Å². The summed E-state index contributed by atoms with van der Waals surface area (Å²) in [4.78, 5) is 30.5. The van der Waals surface area contributed by atoms with E-state index in [-0.39, 0.29) is 16.7 Å². The summed E-state index contributed by atoms with van der Waals surface area (Å²) in [6, 6.07) is 16.6. The summed E-state index contributed by atoms with van der Waals surface area (Å²) in [6.45, 7) is 4.09. The number of nitrogens with zero attached hydrogens (tertiary/aromatic N) is 2. The number of likely N-dealkylation sites (tertiary alicyclic amines) is 1. The molecule has 8 heteroatoms. The van der Waals surface area contributed by atoms with Crippen LogP contribution in [0.1, 0.15) is 51.4 Å². The van der Waals surface area contributed by atoms with Crippen molar-refractivity contribution in [3.05, 3.63) is 54.6 Å². The number of hydrogen-bond donors (Lipinski definition) is 1. The standard InChI is InChI=1S/C30H41N3O4S/c1-38(36,37)28-14-12-26(13-15-28)31-30(35)22-24-16-18-32(19-17-24)20-21-33(27-10-6-3-7-11-27)23-29(34)25-8-4-2-5-9-25/h3,6-7,10-15,24-25H,2,4-5,8-9,16-23H2,1H3,(H,31,35). The summed E-state index contributed by atoms with van der Waals surface area (Å²) in [6.07, 6.45) is 9.23. The molecule has 2 fully saturated rings. The molecule has 0 spiro atoms. The number of hydrogen-bond acceptors (Lipinski definition) is 6. The Bertz CT molecular complexity index is 1150. The lowest BCUT2D eigenvalue weighted by molar-refractivity contribution is -0.122. The molecule has 1 heterocycles. The largest absolute Gasteiger partial charge is 0.363 e. The molecule has 206 valence electrons. The maximum absolute atomic E-state index is 13.1. The number of para-hydroxylation sites is 1. The molecule has 2 aliphatic rings. The van der Waals surface area contributed by atoms with E-state index in [4.69, 9.17) is 0 Å². The van der Waals surface area contributed by atoms with E-state index >= 15 is 0 Å². The third kappa shape index (κ3) is 8.40. The van der Waals surface area contributed by atoms with Gasteiger partial charge in [-0.05, 0) is 81.1 Å². The van der Waals surface area contributed by atoms with Crippen molar-refractivity contribution in [1.29, 1.82) is 0 Å². The lowest BCUT2D eigenvalue weighted by Crippen LogP contribution is -2.42. The van der Waals surface area contributed by atoms with Gasteiger partial charge in [-0.2, -0.15) is 0 Å². The number of Topliss-reactive ketones (excluding diaryl/α,β-unsaturated/α-hetero) is 1. The number of carbonyl (C=O) groups excluding carboxylic acids is 2. The van der Waals surface area contributed by atoms with Crippen molar-refractivity contribution < 1.29 is 18.0 Å². The third-order valence-electron chi connectivity index (χ3n) is 7.96. The fourth-order valence-corrected chi connectivity index (χ4v) is 6.25. The first kappa shape index (κ1) is 28.3. The summed E-state index contributed by atoms with van der Waals surface area (Å²) in [7, 11) is -3.25. The van der Waals surface area contributed by atoms with E-state index in [1.807, 2.05) is 18.2 Å². The number of benzene rings is 2. The molecule has 0 bridgehead atoms. The molecule has 1 aliphatic carbocycles. The fraction of sp³-hybridized carbons (Fsp3) is 0.533. The molecule has 1 saturated carbocycles. The van der Waals surface area contributed by atoms with Gasteiger partial charge in [0, 0.05) is 43.1 Å². The zero-order chi connectivity index (χ0) is 27.0. The molecule has 2 aromatic carbocycles. The quantitative estimate of drug-likeness (QED) is 0.442. The first-order chi connectivity index (χ1) is 18.3. The van der Waals surface area contributed by atoms with E-state index in [9.17, 15) is 18.0 Å². The van der Waals surface area contributed by atoms with Crippen LogP contribution in [-0.2, 0) is 19.4 Å². The number of piperidine rings is 1. The van der Waals surface area contributed by atoms with Gasteiger partial charge in [0.2, 0.25) is 5.91 Å². The molecule has 0 radical (unpaired) electrons. The molecule has 38 heavy (non-hydrogen) atoms. The lowest BCUT2D eigenvalue weighted by Gasteiger charge is -2.34. The molecule has 2 aromatic rings. The van der Waals surface area contributed by atoms with Crippen LogP contribution >= 0.6 is 0 Å². The van der Waals surface area contributed by atoms with E-state index in [1.54, 1.807) is 12.1 Å². The van der Waals surface area contributed by atoms with Gasteiger partial charge in [0.1, 0.15) is 0 Å². The molecule has 1 N–H and O–H groups in total. The Morgan fingerprint density at radius 2 is 1.58 bits per heavy atom. The molecule has 1 amide bonds. The number of sulfone groups is 1. The molecule has 0 unspecified atom stereocenters. The van der Waals surface area contributed by atoms with Crippen molar-refractivity contribution in [3.63, 3.8) is 0 Å². The van der Waals surface area contributed by atoms with Crippen molar-refractivity contribution in [2.24, 2.45) is 11.8 Å². The van der Waals surface area contributed by atoms with Gasteiger partial charge in [-0.3, -0.25) is 9.59 Å². The maximum Gasteiger partial charge on any atom is 0.224 e. The lowest BCUT2D eigenvalue weighted by atomic mass is 9.86. The summed E-state index contributed by atoms with van der Waals surface area (Å²) in [5, 5.41) is 2.90. The Morgan fingerprint density at radius 1 is 0.921 bits per heavy atom. The van der Waals surface area contributed by atoms with E-state index in [1.165, 1.54) is 37.7 Å². The van der Waals surface area contributed by atoms with Crippen molar-refractivity contribution in [2.75, 3.05) is 49.2 Å². The number of nitrogens with one attached hydrogen (secondary N) is 1. The predicted molar refractivity (Wildman–Crippen MR) is 152 cm³/mol. The van der Waals surface area contributed by atoms with E-state index in [0.717, 1.165) is 57.5 Å². The molecule has 1 saturated heterocycles. The Labute approximate surface area is 227 Å². The van der Waals surface area contributed by atoms with Gasteiger partial charge in [0.05, 0.1) is 11.4 Å². The zero-order valence-electron chi connectivity index (χ0n) is 22.5. The smallest absolute Gasteiger partial charge is 0.224 e. The number of carbonyl (C=O) groups is 2. The van der Waals surface area contributed by atoms with Gasteiger partial charge in [-0.15, -0.1) is 0 Å². The monoisotopic (exact) mass is 539 g/mol. The molecule has 0 aromatic heterocycles. The second-order valence-electron chi connectivity index (χ2n) is 10.9. The number of ketones is 1. The van der Waals surface area contributed by atoms with Crippen LogP contribution in [0.4, 0.5) is 11.4 Å². The maximum atomic E-state index is 13.1. The van der Waals surface area contributed by atoms with Crippen molar-refractivity contribution >= 4 is 32.9 Å². The summed E-state index contributed by atoms with van der Waals surface area (Å²) in [5.41, 5.74) is 1.72. The zero-order valence-corrected chi connectivity index (χ0v) is 23.3. The van der Waals surface area contributed by atoms with E-state index in [0.29, 0.717) is 30.4 Å². The average Bonchev–Trinajstić information content (AvgIpc) is 2.92. The van der Waals surface area contributed by atoms with Crippen molar-refractivity contribution in [1.82, 2.24) is 4.90 Å². The number of amides is 1. The molecule has 1 aliphatic heterocycles. The van der Waals surface area contributed by atoms with Crippen LogP contribution in [0.15, 0.2) is 59.5 Å². The summed E-state index contributed by atoms with van der Waals surface area (Å²) >= 11 is 0. The fourth-order valence-electron chi connectivity index (χ4n) is 5.62. The molecular weight excluding hydrogens is 498 g/mol. The van der Waals surface area contributed by atoms with Gasteiger partial charge < -0.3 is 15.1 Å². The van der Waals surface area contributed by atoms with Gasteiger partial charge in [0.25, 0.3) is 0 Å². The van der Waals surface area contributed by atoms with Crippen LogP contribution < -0.4 is 10.2 Å². The van der Waals surface area contributed by atoms with Crippen LogP contribution in [0, 0.1) is 11.8 Å². The van der Waals surface area contributed by atoms with Gasteiger partial charge in [-0.1, -0.05) is 37.5 Å². The van der Waals surface area contributed by atoms with Crippen molar-refractivity contribution in [2.45, 2.75) is 56.3 Å². The highest BCUT2D eigenvalue weighted by molar-refractivity contribution is 7.90. The summed E-state index contributed by atoms with van der Waals surface area (Å²) in [5.74, 6) is 0.894. The highest BCUT2D eigenvalue weighted by atomic mass is 32.2. The predicted octanol–water partition coefficient (Wildman–Crippen LogP) is 4.79. The topological polar surface area (TPSA) is 86.8 Å². The Hall–Kier alpha value is -2.71. The second-order valence-corrected chi connectivity index (χ2v) is 12.9. The van der Waals surface area contributed by atoms with Gasteiger partial charge in [-0.25, -0.2) is 8.42 Å². The van der Waals surface area contributed by atoms with Gasteiger partial charge in [0.15, 0.2) is 15.6 Å². The number of anilines is 2. The third-order valence-corrected chi connectivity index (χ3v) is 9.09. The summed E-state index contributed by atoms with van der Waals surface area (Å²) < 4.78 is 23.2. The SMILES string of the molecule is CS(=O)(=O)c1ccc(NC(=O)CC2CCN(CCN(CC(=O)C3CCCCC3)c3ccccc3)CC2)cc1. The number of rotatable bonds is 11. The normalized spacial score (nSPS) is 17.7. The second kappa shape index (κ2) is 13.4. The highest BCUT2D eigenvalue weighted by Gasteiger charge is 2.25. The minimum Gasteiger partial charge on any atom is -0.363 e. The van der Waals surface area contributed by atoms with Crippen LogP contribution in [0.3, 0.4) is 0 Å². The van der Waals surface area contributed by atoms with Crippen LogP contribution in [0.5, 0.6) is 0 Å². The van der Waals surface area contributed by atoms with E-state index in [2.05, 4.69) is 27.2 Å². The minimum atomic E-state index is -3.25. The molecular formula is C30H41N3O4S. The average molecular weight is 540 g/mol. The van der Waals surface area contributed by atoms with Crippen molar-refractivity contribution in [3.8, 4) is 0 Å². The van der Waals surface area contributed by atoms with Crippen LogP contribution in [-0.4, -0.2) is 64.0 Å². The molecule has 4 rings (SSSR count). The van der Waals surface area contributed by atoms with Crippen LogP contribution in [0.2, 0.25) is 0 Å². The first-order valence-corrected chi connectivity index (χ1v) is 15.8. The molecule has 0 atom stereocenters.